The molecule has 1 atom stereocenters. The topological polar surface area (TPSA) is 126 Å². The van der Waals surface area contributed by atoms with Crippen molar-refractivity contribution in [2.24, 2.45) is 10.7 Å². The lowest BCUT2D eigenvalue weighted by Crippen LogP contribution is -2.52. The van der Waals surface area contributed by atoms with Crippen molar-refractivity contribution in [3.63, 3.8) is 0 Å². The summed E-state index contributed by atoms with van der Waals surface area (Å²) >= 11 is 0. The van der Waals surface area contributed by atoms with Crippen LogP contribution in [0.15, 0.2) is 23.2 Å². The van der Waals surface area contributed by atoms with Crippen LogP contribution in [0.25, 0.3) is 0 Å². The van der Waals surface area contributed by atoms with Crippen molar-refractivity contribution in [2.75, 3.05) is 25.5 Å². The van der Waals surface area contributed by atoms with Gasteiger partial charge in [-0.25, -0.2) is 0 Å². The van der Waals surface area contributed by atoms with E-state index in [0.717, 1.165) is 0 Å². The number of amides is 3. The van der Waals surface area contributed by atoms with Gasteiger partial charge in [-0.05, 0) is 12.5 Å². The highest BCUT2D eigenvalue weighted by Gasteiger charge is 2.29. The Labute approximate surface area is 139 Å². The zero-order chi connectivity index (χ0) is 17.5. The third-order valence-electron chi connectivity index (χ3n) is 3.60. The summed E-state index contributed by atoms with van der Waals surface area (Å²) in [6.45, 7) is 0.922. The maximum absolute atomic E-state index is 12.7. The monoisotopic (exact) mass is 331 g/mol. The van der Waals surface area contributed by atoms with E-state index in [1.165, 1.54) is 0 Å². The lowest BCUT2D eigenvalue weighted by atomic mass is 10.0. The SMILES string of the molecule is CN=Cc1cccc(NCCN)c1C(=O)NC1CCC(=O)NC1=O. The molecule has 1 fully saturated rings. The molecule has 1 saturated heterocycles. The number of carbonyl (C=O) groups excluding carboxylic acids is 3. The molecule has 2 rings (SSSR count). The lowest BCUT2D eigenvalue weighted by molar-refractivity contribution is -0.134. The number of hydrogen-bond acceptors (Lipinski definition) is 6. The molecule has 24 heavy (non-hydrogen) atoms. The van der Waals surface area contributed by atoms with E-state index < -0.39 is 17.9 Å². The number of nitrogens with one attached hydrogen (secondary N) is 3. The predicted octanol–water partition coefficient (Wildman–Crippen LogP) is -0.359. The second-order valence-electron chi connectivity index (χ2n) is 5.35. The Kier molecular flexibility index (Phi) is 6.02. The summed E-state index contributed by atoms with van der Waals surface area (Å²) in [5.74, 6) is -1.22. The van der Waals surface area contributed by atoms with E-state index in [2.05, 4.69) is 20.9 Å². The first-order valence-electron chi connectivity index (χ1n) is 7.70. The van der Waals surface area contributed by atoms with Gasteiger partial charge in [-0.1, -0.05) is 12.1 Å². The number of piperidine rings is 1. The molecule has 1 heterocycles. The number of carbonyl (C=O) groups is 3. The summed E-state index contributed by atoms with van der Waals surface area (Å²) in [5.41, 5.74) is 7.14. The summed E-state index contributed by atoms with van der Waals surface area (Å²) in [6, 6.07) is 4.60. The van der Waals surface area contributed by atoms with Crippen molar-refractivity contribution in [3.05, 3.63) is 29.3 Å². The number of benzene rings is 1. The Morgan fingerprint density at radius 1 is 1.46 bits per heavy atom. The van der Waals surface area contributed by atoms with Crippen molar-refractivity contribution >= 4 is 29.6 Å². The van der Waals surface area contributed by atoms with Crippen LogP contribution in [0.2, 0.25) is 0 Å². The third-order valence-corrected chi connectivity index (χ3v) is 3.60. The Morgan fingerprint density at radius 3 is 2.92 bits per heavy atom. The van der Waals surface area contributed by atoms with Crippen LogP contribution in [-0.2, 0) is 9.59 Å². The first-order valence-corrected chi connectivity index (χ1v) is 7.70. The maximum atomic E-state index is 12.7. The third kappa shape index (κ3) is 4.17. The summed E-state index contributed by atoms with van der Waals surface area (Å²) in [4.78, 5) is 39.7. The number of aliphatic imine (C=N–C) groups is 1. The number of hydrogen-bond donors (Lipinski definition) is 4. The van der Waals surface area contributed by atoms with Crippen molar-refractivity contribution in [2.45, 2.75) is 18.9 Å². The van der Waals surface area contributed by atoms with Crippen LogP contribution >= 0.6 is 0 Å². The van der Waals surface area contributed by atoms with Crippen LogP contribution in [0, 0.1) is 0 Å². The van der Waals surface area contributed by atoms with E-state index in [1.54, 1.807) is 31.5 Å². The zero-order valence-electron chi connectivity index (χ0n) is 13.5. The van der Waals surface area contributed by atoms with Crippen molar-refractivity contribution in [3.8, 4) is 0 Å². The average Bonchev–Trinajstić information content (AvgIpc) is 2.55. The molecule has 1 aromatic rings. The Morgan fingerprint density at radius 2 is 2.25 bits per heavy atom. The van der Waals surface area contributed by atoms with Crippen LogP contribution < -0.4 is 21.7 Å². The van der Waals surface area contributed by atoms with Gasteiger partial charge in [0, 0.05) is 44.0 Å². The molecule has 1 aliphatic rings. The van der Waals surface area contributed by atoms with Crippen LogP contribution in [-0.4, -0.2) is 50.1 Å². The van der Waals surface area contributed by atoms with Gasteiger partial charge >= 0.3 is 0 Å². The number of imide groups is 1. The molecule has 0 spiro atoms. The minimum Gasteiger partial charge on any atom is -0.383 e. The van der Waals surface area contributed by atoms with Crippen molar-refractivity contribution in [1.82, 2.24) is 10.6 Å². The normalized spacial score (nSPS) is 17.7. The fourth-order valence-electron chi connectivity index (χ4n) is 2.49. The number of rotatable bonds is 6. The van der Waals surface area contributed by atoms with Crippen LogP contribution in [0.1, 0.15) is 28.8 Å². The zero-order valence-corrected chi connectivity index (χ0v) is 13.5. The summed E-state index contributed by atoms with van der Waals surface area (Å²) < 4.78 is 0. The minimum absolute atomic E-state index is 0.201. The Balaban J connectivity index is 2.26. The first kappa shape index (κ1) is 17.6. The number of nitrogens with two attached hydrogens (primary N) is 1. The Hall–Kier alpha value is -2.74. The van der Waals surface area contributed by atoms with E-state index in [4.69, 9.17) is 5.73 Å². The lowest BCUT2D eigenvalue weighted by Gasteiger charge is -2.23. The van der Waals surface area contributed by atoms with E-state index >= 15 is 0 Å². The van der Waals surface area contributed by atoms with Gasteiger partial charge in [-0.3, -0.25) is 24.7 Å². The molecule has 0 radical (unpaired) electrons. The van der Waals surface area contributed by atoms with Crippen LogP contribution in [0.4, 0.5) is 5.69 Å². The highest BCUT2D eigenvalue weighted by molar-refractivity contribution is 6.09. The number of anilines is 1. The molecule has 8 nitrogen and oxygen atoms in total. The van der Waals surface area contributed by atoms with Gasteiger partial charge in [0.2, 0.25) is 11.8 Å². The summed E-state index contributed by atoms with van der Waals surface area (Å²) in [6.07, 6.45) is 2.06. The van der Waals surface area contributed by atoms with Crippen LogP contribution in [0.3, 0.4) is 0 Å². The van der Waals surface area contributed by atoms with Gasteiger partial charge in [0.15, 0.2) is 0 Å². The molecule has 5 N–H and O–H groups in total. The fourth-order valence-corrected chi connectivity index (χ4v) is 2.49. The van der Waals surface area contributed by atoms with Crippen molar-refractivity contribution < 1.29 is 14.4 Å². The summed E-state index contributed by atoms with van der Waals surface area (Å²) in [7, 11) is 1.61. The molecular formula is C16H21N5O3. The largest absolute Gasteiger partial charge is 0.383 e. The maximum Gasteiger partial charge on any atom is 0.254 e. The molecule has 8 heteroatoms. The molecule has 1 aliphatic heterocycles. The Bertz CT molecular complexity index is 672. The van der Waals surface area contributed by atoms with Gasteiger partial charge in [0.05, 0.1) is 5.56 Å². The van der Waals surface area contributed by atoms with E-state index in [1.807, 2.05) is 0 Å². The van der Waals surface area contributed by atoms with Gasteiger partial charge in [-0.15, -0.1) is 0 Å². The molecule has 128 valence electrons. The molecule has 0 aliphatic carbocycles. The highest BCUT2D eigenvalue weighted by atomic mass is 16.2. The highest BCUT2D eigenvalue weighted by Crippen LogP contribution is 2.20. The molecule has 0 aromatic heterocycles. The van der Waals surface area contributed by atoms with E-state index in [0.29, 0.717) is 29.9 Å². The van der Waals surface area contributed by atoms with E-state index in [9.17, 15) is 14.4 Å². The smallest absolute Gasteiger partial charge is 0.254 e. The molecular weight excluding hydrogens is 310 g/mol. The van der Waals surface area contributed by atoms with Gasteiger partial charge in [-0.2, -0.15) is 0 Å². The molecule has 0 bridgehead atoms. The van der Waals surface area contributed by atoms with E-state index in [-0.39, 0.29) is 18.7 Å². The minimum atomic E-state index is -0.732. The quantitative estimate of drug-likeness (QED) is 0.418. The van der Waals surface area contributed by atoms with Gasteiger partial charge in [0.1, 0.15) is 6.04 Å². The molecule has 1 aromatic carbocycles. The standard InChI is InChI=1S/C16H21N5O3/c1-18-9-10-3-2-4-11(19-8-7-17)14(10)16(24)20-12-5-6-13(22)21-15(12)23/h2-4,9,12,19H,5-8,17H2,1H3,(H,20,24)(H,21,22,23). The second-order valence-corrected chi connectivity index (χ2v) is 5.35. The number of nitrogens with zero attached hydrogens (tertiary/aromatic N) is 1. The molecule has 3 amide bonds. The van der Waals surface area contributed by atoms with Crippen molar-refractivity contribution in [1.29, 1.82) is 0 Å². The fraction of sp³-hybridized carbons (Fsp3) is 0.375. The molecule has 0 saturated carbocycles. The predicted molar refractivity (Wildman–Crippen MR) is 91.1 cm³/mol. The van der Waals surface area contributed by atoms with Gasteiger partial charge < -0.3 is 16.4 Å². The second kappa shape index (κ2) is 8.21. The average molecular weight is 331 g/mol. The van der Waals surface area contributed by atoms with Crippen LogP contribution in [0.5, 0.6) is 0 Å². The van der Waals surface area contributed by atoms with Gasteiger partial charge in [0.25, 0.3) is 5.91 Å². The summed E-state index contributed by atoms with van der Waals surface area (Å²) in [5, 5.41) is 8.00. The molecule has 1 unspecified atom stereocenters. The first-order chi connectivity index (χ1) is 11.6.